The summed E-state index contributed by atoms with van der Waals surface area (Å²) in [7, 11) is 3.54. The maximum atomic E-state index is 5.33. The fourth-order valence-corrected chi connectivity index (χ4v) is 3.02. The number of benzene rings is 1. The Morgan fingerprint density at radius 3 is 2.52 bits per heavy atom. The quantitative estimate of drug-likeness (QED) is 0.432. The minimum absolute atomic E-state index is 0. The van der Waals surface area contributed by atoms with Gasteiger partial charge >= 0.3 is 0 Å². The highest BCUT2D eigenvalue weighted by Crippen LogP contribution is 2.23. The Bertz CT molecular complexity index is 511. The maximum absolute atomic E-state index is 5.33. The smallest absolute Gasteiger partial charge is 0.191 e. The van der Waals surface area contributed by atoms with Crippen LogP contribution in [0.3, 0.4) is 0 Å². The van der Waals surface area contributed by atoms with Crippen molar-refractivity contribution in [1.82, 2.24) is 10.6 Å². The third-order valence-corrected chi connectivity index (χ3v) is 4.39. The van der Waals surface area contributed by atoms with Gasteiger partial charge < -0.3 is 15.4 Å². The van der Waals surface area contributed by atoms with Crippen LogP contribution in [0, 0.1) is 12.8 Å². The summed E-state index contributed by atoms with van der Waals surface area (Å²) in [6, 6.07) is 6.83. The fourth-order valence-electron chi connectivity index (χ4n) is 3.02. The Labute approximate surface area is 157 Å². The van der Waals surface area contributed by atoms with Gasteiger partial charge in [-0.2, -0.15) is 0 Å². The number of ether oxygens (including phenoxy) is 1. The van der Waals surface area contributed by atoms with Crippen LogP contribution < -0.4 is 15.4 Å². The Kier molecular flexibility index (Phi) is 8.73. The average Bonchev–Trinajstić information content (AvgIpc) is 2.52. The zero-order valence-corrected chi connectivity index (χ0v) is 17.0. The molecule has 0 saturated heterocycles. The molecule has 1 aliphatic carbocycles. The molecule has 1 aromatic rings. The number of aliphatic imine (C=N–C) groups is 1. The number of halogens is 1. The predicted molar refractivity (Wildman–Crippen MR) is 108 cm³/mol. The molecule has 1 aromatic carbocycles. The van der Waals surface area contributed by atoms with Crippen molar-refractivity contribution in [3.05, 3.63) is 29.3 Å². The second kappa shape index (κ2) is 10.0. The third-order valence-electron chi connectivity index (χ3n) is 4.39. The van der Waals surface area contributed by atoms with Gasteiger partial charge in [0.25, 0.3) is 0 Å². The highest BCUT2D eigenvalue weighted by molar-refractivity contribution is 14.0. The standard InChI is InChI=1S/C18H29N3O.HI/c1-13-5-7-16(8-6-13)21-18(19-3)20-12-15-9-14(2)10-17(11-15)22-4;/h9-11,13,16H,5-8,12H2,1-4H3,(H2,19,20,21);1H. The predicted octanol–water partition coefficient (Wildman–Crippen LogP) is 3.87. The number of nitrogens with zero attached hydrogens (tertiary/aromatic N) is 1. The highest BCUT2D eigenvalue weighted by Gasteiger charge is 2.18. The topological polar surface area (TPSA) is 45.7 Å². The van der Waals surface area contributed by atoms with Gasteiger partial charge in [-0.05, 0) is 61.8 Å². The molecular weight excluding hydrogens is 401 g/mol. The molecule has 2 rings (SSSR count). The highest BCUT2D eigenvalue weighted by atomic mass is 127. The van der Waals surface area contributed by atoms with Crippen LogP contribution in [0.15, 0.2) is 23.2 Å². The molecule has 23 heavy (non-hydrogen) atoms. The van der Waals surface area contributed by atoms with Gasteiger partial charge in [0.05, 0.1) is 7.11 Å². The van der Waals surface area contributed by atoms with Crippen molar-refractivity contribution in [3.8, 4) is 5.75 Å². The second-order valence-corrected chi connectivity index (χ2v) is 6.39. The van der Waals surface area contributed by atoms with Crippen molar-refractivity contribution in [2.24, 2.45) is 10.9 Å². The maximum Gasteiger partial charge on any atom is 0.191 e. The molecule has 0 unspecified atom stereocenters. The lowest BCUT2D eigenvalue weighted by atomic mass is 9.87. The van der Waals surface area contributed by atoms with Crippen LogP contribution in [0.2, 0.25) is 0 Å². The Morgan fingerprint density at radius 2 is 1.91 bits per heavy atom. The monoisotopic (exact) mass is 431 g/mol. The van der Waals surface area contributed by atoms with Crippen LogP contribution in [0.1, 0.15) is 43.7 Å². The van der Waals surface area contributed by atoms with Crippen molar-refractivity contribution in [3.63, 3.8) is 0 Å². The van der Waals surface area contributed by atoms with Crippen LogP contribution in [-0.2, 0) is 6.54 Å². The summed E-state index contributed by atoms with van der Waals surface area (Å²) >= 11 is 0. The summed E-state index contributed by atoms with van der Waals surface area (Å²) in [4.78, 5) is 4.34. The first kappa shape index (κ1) is 20.1. The summed E-state index contributed by atoms with van der Waals surface area (Å²) < 4.78 is 5.33. The zero-order chi connectivity index (χ0) is 15.9. The normalized spacial score (nSPS) is 21.3. The van der Waals surface area contributed by atoms with Crippen LogP contribution in [0.25, 0.3) is 0 Å². The SMILES string of the molecule is CN=C(NCc1cc(C)cc(OC)c1)NC1CCC(C)CC1.I. The van der Waals surface area contributed by atoms with Crippen molar-refractivity contribution in [2.45, 2.75) is 52.1 Å². The van der Waals surface area contributed by atoms with Gasteiger partial charge in [0.2, 0.25) is 0 Å². The van der Waals surface area contributed by atoms with E-state index < -0.39 is 0 Å². The molecule has 0 radical (unpaired) electrons. The van der Waals surface area contributed by atoms with E-state index >= 15 is 0 Å². The van der Waals surface area contributed by atoms with Crippen molar-refractivity contribution < 1.29 is 4.74 Å². The first-order valence-corrected chi connectivity index (χ1v) is 8.22. The molecule has 0 bridgehead atoms. The summed E-state index contributed by atoms with van der Waals surface area (Å²) in [5, 5.41) is 6.95. The Balaban J connectivity index is 0.00000264. The van der Waals surface area contributed by atoms with Crippen LogP contribution >= 0.6 is 24.0 Å². The zero-order valence-electron chi connectivity index (χ0n) is 14.7. The number of rotatable bonds is 4. The van der Waals surface area contributed by atoms with E-state index in [1.54, 1.807) is 7.11 Å². The molecule has 1 saturated carbocycles. The minimum atomic E-state index is 0. The number of hydrogen-bond donors (Lipinski definition) is 2. The van der Waals surface area contributed by atoms with Crippen molar-refractivity contribution in [1.29, 1.82) is 0 Å². The number of methoxy groups -OCH3 is 1. The van der Waals surface area contributed by atoms with Gasteiger partial charge in [-0.25, -0.2) is 0 Å². The molecule has 130 valence electrons. The molecule has 0 heterocycles. The number of nitrogens with one attached hydrogen (secondary N) is 2. The van der Waals surface area contributed by atoms with Gasteiger partial charge in [0.1, 0.15) is 5.75 Å². The second-order valence-electron chi connectivity index (χ2n) is 6.39. The minimum Gasteiger partial charge on any atom is -0.497 e. The summed E-state index contributed by atoms with van der Waals surface area (Å²) in [5.74, 6) is 2.66. The van der Waals surface area contributed by atoms with E-state index in [9.17, 15) is 0 Å². The largest absolute Gasteiger partial charge is 0.497 e. The molecule has 5 heteroatoms. The first-order chi connectivity index (χ1) is 10.6. The van der Waals surface area contributed by atoms with Crippen molar-refractivity contribution in [2.75, 3.05) is 14.2 Å². The van der Waals surface area contributed by atoms with Gasteiger partial charge in [-0.1, -0.05) is 13.0 Å². The van der Waals surface area contributed by atoms with E-state index in [2.05, 4.69) is 41.6 Å². The van der Waals surface area contributed by atoms with Gasteiger partial charge in [-0.15, -0.1) is 24.0 Å². The van der Waals surface area contributed by atoms with Gasteiger partial charge in [0, 0.05) is 19.6 Å². The Hall–Kier alpha value is -0.980. The molecule has 0 atom stereocenters. The average molecular weight is 431 g/mol. The summed E-state index contributed by atoms with van der Waals surface area (Å²) in [6.07, 6.45) is 5.09. The molecule has 0 aliphatic heterocycles. The molecule has 4 nitrogen and oxygen atoms in total. The lowest BCUT2D eigenvalue weighted by Crippen LogP contribution is -2.44. The molecule has 0 spiro atoms. The molecule has 0 aromatic heterocycles. The number of guanidine groups is 1. The Morgan fingerprint density at radius 1 is 1.22 bits per heavy atom. The molecule has 1 fully saturated rings. The van der Waals surface area contributed by atoms with E-state index in [-0.39, 0.29) is 24.0 Å². The van der Waals surface area contributed by atoms with Gasteiger partial charge in [-0.3, -0.25) is 4.99 Å². The number of aryl methyl sites for hydroxylation is 1. The molecule has 1 aliphatic rings. The van der Waals surface area contributed by atoms with E-state index in [1.807, 2.05) is 13.1 Å². The number of hydrogen-bond acceptors (Lipinski definition) is 2. The molecule has 0 amide bonds. The van der Waals surface area contributed by atoms with Crippen molar-refractivity contribution >= 4 is 29.9 Å². The summed E-state index contributed by atoms with van der Waals surface area (Å²) in [6.45, 7) is 5.18. The van der Waals surface area contributed by atoms with E-state index in [1.165, 1.54) is 36.8 Å². The van der Waals surface area contributed by atoms with E-state index in [0.717, 1.165) is 24.2 Å². The van der Waals surface area contributed by atoms with E-state index in [0.29, 0.717) is 6.04 Å². The third kappa shape index (κ3) is 6.57. The summed E-state index contributed by atoms with van der Waals surface area (Å²) in [5.41, 5.74) is 2.41. The lowest BCUT2D eigenvalue weighted by Gasteiger charge is -2.28. The van der Waals surface area contributed by atoms with Crippen LogP contribution in [0.5, 0.6) is 5.75 Å². The first-order valence-electron chi connectivity index (χ1n) is 8.22. The molecule has 2 N–H and O–H groups in total. The molecular formula is C18H30IN3O. The van der Waals surface area contributed by atoms with E-state index in [4.69, 9.17) is 4.74 Å². The van der Waals surface area contributed by atoms with Gasteiger partial charge in [0.15, 0.2) is 5.96 Å². The fraction of sp³-hybridized carbons (Fsp3) is 0.611. The van der Waals surface area contributed by atoms with Crippen LogP contribution in [0.4, 0.5) is 0 Å². The lowest BCUT2D eigenvalue weighted by molar-refractivity contribution is 0.329. The van der Waals surface area contributed by atoms with Crippen LogP contribution in [-0.4, -0.2) is 26.2 Å².